The molecule has 2 fully saturated rings. The molecule has 2 aromatic rings. The van der Waals surface area contributed by atoms with Crippen LogP contribution in [0, 0.1) is 29.6 Å². The second-order valence-electron chi connectivity index (χ2n) is 11.5. The Hall–Kier alpha value is -3.13. The van der Waals surface area contributed by atoms with Crippen molar-refractivity contribution in [1.29, 1.82) is 0 Å². The first-order chi connectivity index (χ1) is 19.5. The van der Waals surface area contributed by atoms with Gasteiger partial charge in [0, 0.05) is 31.1 Å². The highest BCUT2D eigenvalue weighted by molar-refractivity contribution is 7.93. The molecule has 4 atom stereocenters. The minimum absolute atomic E-state index is 0.0984. The number of aliphatic hydroxyl groups is 1. The van der Waals surface area contributed by atoms with Crippen LogP contribution in [-0.4, -0.2) is 68.6 Å². The first-order valence-corrected chi connectivity index (χ1v) is 15.9. The number of nitrogens with one attached hydrogen (secondary N) is 2. The second kappa shape index (κ2) is 13.7. The Labute approximate surface area is 244 Å². The zero-order valence-electron chi connectivity index (χ0n) is 24.3. The van der Waals surface area contributed by atoms with E-state index in [0.29, 0.717) is 37.3 Å². The van der Waals surface area contributed by atoms with Gasteiger partial charge < -0.3 is 20.5 Å². The molecule has 1 aromatic carbocycles. The van der Waals surface area contributed by atoms with Crippen LogP contribution in [0.15, 0.2) is 42.5 Å². The average Bonchev–Trinajstić information content (AvgIpc) is 3.89. The third-order valence-corrected chi connectivity index (χ3v) is 9.74. The average molecular weight is 583 g/mol. The maximum absolute atomic E-state index is 13.6. The summed E-state index contributed by atoms with van der Waals surface area (Å²) in [4.78, 5) is 18.0. The first-order valence-electron chi connectivity index (χ1n) is 14.4. The van der Waals surface area contributed by atoms with Crippen molar-refractivity contribution in [2.45, 2.75) is 63.9 Å². The third-order valence-electron chi connectivity index (χ3n) is 7.60. The molecule has 2 saturated carbocycles. The molecule has 222 valence electrons. The lowest BCUT2D eigenvalue weighted by Gasteiger charge is -2.25. The van der Waals surface area contributed by atoms with Gasteiger partial charge in [-0.15, -0.1) is 0 Å². The molecule has 9 nitrogen and oxygen atoms in total. The van der Waals surface area contributed by atoms with Gasteiger partial charge in [0.1, 0.15) is 5.82 Å². The van der Waals surface area contributed by atoms with Gasteiger partial charge in [-0.2, -0.15) is 4.98 Å². The maximum atomic E-state index is 13.6. The fourth-order valence-corrected chi connectivity index (χ4v) is 5.37. The number of benzene rings is 1. The van der Waals surface area contributed by atoms with Crippen LogP contribution in [0.4, 0.5) is 5.82 Å². The Morgan fingerprint density at radius 2 is 1.93 bits per heavy atom. The molecule has 3 N–H and O–H groups in total. The van der Waals surface area contributed by atoms with E-state index in [1.54, 1.807) is 13.8 Å². The van der Waals surface area contributed by atoms with Crippen molar-refractivity contribution in [2.75, 3.05) is 31.0 Å². The predicted octanol–water partition coefficient (Wildman–Crippen LogP) is 3.00. The number of pyridine rings is 1. The molecular weight excluding hydrogens is 540 g/mol. The van der Waals surface area contributed by atoms with Gasteiger partial charge in [0.15, 0.2) is 0 Å². The van der Waals surface area contributed by atoms with Crippen LogP contribution < -0.4 is 19.7 Å². The summed E-state index contributed by atoms with van der Waals surface area (Å²) in [6.07, 6.45) is 2.89. The van der Waals surface area contributed by atoms with Gasteiger partial charge in [0.2, 0.25) is 15.9 Å². The van der Waals surface area contributed by atoms with E-state index in [-0.39, 0.29) is 23.8 Å². The van der Waals surface area contributed by atoms with Crippen LogP contribution in [0.1, 0.15) is 56.0 Å². The van der Waals surface area contributed by atoms with Gasteiger partial charge in [0.25, 0.3) is 5.91 Å². The highest BCUT2D eigenvalue weighted by Crippen LogP contribution is 2.38. The summed E-state index contributed by atoms with van der Waals surface area (Å²) in [5, 5.41) is 16.5. The van der Waals surface area contributed by atoms with Crippen molar-refractivity contribution in [3.8, 4) is 17.7 Å². The highest BCUT2D eigenvalue weighted by atomic mass is 32.2. The van der Waals surface area contributed by atoms with E-state index in [2.05, 4.69) is 34.4 Å². The number of carbonyl (C=O) groups is 1. The number of aliphatic hydroxyl groups excluding tert-OH is 1. The summed E-state index contributed by atoms with van der Waals surface area (Å²) in [6.45, 7) is 6.49. The lowest BCUT2D eigenvalue weighted by molar-refractivity contribution is 0.0832. The van der Waals surface area contributed by atoms with Gasteiger partial charge in [0.05, 0.1) is 30.5 Å². The van der Waals surface area contributed by atoms with Crippen molar-refractivity contribution >= 4 is 21.7 Å². The lowest BCUT2D eigenvalue weighted by Crippen LogP contribution is -2.48. The SMILES string of the molecule is CC(C)S(=O)(=O)N(C)c1cc(C(=O)N[C@@H](Cc2ccccc2)[C@H](O)CNCC#CC2CC2)cc(OC[C@H]2C[C@@H]2C)n1. The monoisotopic (exact) mass is 582 g/mol. The van der Waals surface area contributed by atoms with Crippen molar-refractivity contribution in [3.05, 3.63) is 53.6 Å². The zero-order chi connectivity index (χ0) is 29.6. The summed E-state index contributed by atoms with van der Waals surface area (Å²) in [6, 6.07) is 12.0. The van der Waals surface area contributed by atoms with E-state index in [9.17, 15) is 18.3 Å². The molecule has 10 heteroatoms. The number of carbonyl (C=O) groups excluding carboxylic acids is 1. The first kappa shape index (κ1) is 30.8. The number of rotatable bonds is 14. The Kier molecular flexibility index (Phi) is 10.3. The lowest BCUT2D eigenvalue weighted by atomic mass is 10.0. The summed E-state index contributed by atoms with van der Waals surface area (Å²) in [5.41, 5.74) is 1.17. The number of anilines is 1. The summed E-state index contributed by atoms with van der Waals surface area (Å²) >= 11 is 0. The largest absolute Gasteiger partial charge is 0.477 e. The van der Waals surface area contributed by atoms with Crippen LogP contribution in [0.3, 0.4) is 0 Å². The summed E-state index contributed by atoms with van der Waals surface area (Å²) in [7, 11) is -2.26. The highest BCUT2D eigenvalue weighted by Gasteiger charge is 2.33. The standard InChI is InChI=1S/C31H42N4O5S/c1-21(2)41(38,39)35(4)29-17-25(18-30(34-29)40-20-26-15-22(26)3)31(37)33-27(16-24-9-6-5-7-10-24)28(36)19-32-14-8-11-23-12-13-23/h5-7,9-10,17-18,21-23,26-28,32,36H,12-16,19-20H2,1-4H3,(H,33,37)/t22-,26+,27-,28+/m0/s1. The molecule has 41 heavy (non-hydrogen) atoms. The normalized spacial score (nSPS) is 19.6. The Bertz CT molecular complexity index is 1350. The Morgan fingerprint density at radius 3 is 2.56 bits per heavy atom. The number of ether oxygens (including phenoxy) is 1. The van der Waals surface area contributed by atoms with E-state index in [1.807, 2.05) is 30.3 Å². The quantitative estimate of drug-likeness (QED) is 0.231. The Balaban J connectivity index is 1.53. The molecule has 2 aliphatic rings. The molecule has 1 amide bonds. The Morgan fingerprint density at radius 1 is 1.22 bits per heavy atom. The number of amides is 1. The van der Waals surface area contributed by atoms with Gasteiger partial charge in [-0.05, 0) is 63.0 Å². The summed E-state index contributed by atoms with van der Waals surface area (Å²) in [5.74, 6) is 7.60. The molecule has 0 radical (unpaired) electrons. The third kappa shape index (κ3) is 8.93. The van der Waals surface area contributed by atoms with Crippen LogP contribution >= 0.6 is 0 Å². The van der Waals surface area contributed by atoms with Gasteiger partial charge in [-0.1, -0.05) is 49.1 Å². The number of nitrogens with zero attached hydrogens (tertiary/aromatic N) is 2. The van der Waals surface area contributed by atoms with Crippen LogP contribution in [0.5, 0.6) is 5.88 Å². The van der Waals surface area contributed by atoms with Gasteiger partial charge in [-0.25, -0.2) is 8.42 Å². The van der Waals surface area contributed by atoms with Crippen molar-refractivity contribution in [2.24, 2.45) is 17.8 Å². The number of sulfonamides is 1. The maximum Gasteiger partial charge on any atom is 0.251 e. The molecule has 1 heterocycles. The molecule has 0 aliphatic heterocycles. The fourth-order valence-electron chi connectivity index (χ4n) is 4.38. The second-order valence-corrected chi connectivity index (χ2v) is 14.0. The molecule has 0 saturated heterocycles. The molecule has 1 aromatic heterocycles. The van der Waals surface area contributed by atoms with Crippen molar-refractivity contribution < 1.29 is 23.1 Å². The van der Waals surface area contributed by atoms with E-state index in [4.69, 9.17) is 4.74 Å². The minimum Gasteiger partial charge on any atom is -0.477 e. The van der Waals surface area contributed by atoms with E-state index in [1.165, 1.54) is 19.2 Å². The predicted molar refractivity (Wildman–Crippen MR) is 160 cm³/mol. The molecule has 0 bridgehead atoms. The van der Waals surface area contributed by atoms with Crippen LogP contribution in [0.2, 0.25) is 0 Å². The smallest absolute Gasteiger partial charge is 0.251 e. The van der Waals surface area contributed by atoms with E-state index < -0.39 is 33.3 Å². The molecular formula is C31H42N4O5S. The van der Waals surface area contributed by atoms with Gasteiger partial charge >= 0.3 is 0 Å². The van der Waals surface area contributed by atoms with Crippen LogP contribution in [0.25, 0.3) is 0 Å². The van der Waals surface area contributed by atoms with Crippen molar-refractivity contribution in [3.63, 3.8) is 0 Å². The van der Waals surface area contributed by atoms with E-state index >= 15 is 0 Å². The zero-order valence-corrected chi connectivity index (χ0v) is 25.2. The minimum atomic E-state index is -3.69. The fraction of sp³-hybridized carbons (Fsp3) is 0.548. The molecule has 2 aliphatic carbocycles. The molecule has 4 rings (SSSR count). The van der Waals surface area contributed by atoms with Gasteiger partial charge in [-0.3, -0.25) is 9.10 Å². The number of hydrogen-bond acceptors (Lipinski definition) is 7. The molecule has 0 unspecified atom stereocenters. The van der Waals surface area contributed by atoms with E-state index in [0.717, 1.165) is 29.1 Å². The summed E-state index contributed by atoms with van der Waals surface area (Å²) < 4.78 is 32.8. The van der Waals surface area contributed by atoms with Crippen LogP contribution in [-0.2, 0) is 16.4 Å². The molecule has 0 spiro atoms. The topological polar surface area (TPSA) is 121 Å². The number of aromatic nitrogens is 1. The number of hydrogen-bond donors (Lipinski definition) is 3. The van der Waals surface area contributed by atoms with Crippen molar-refractivity contribution in [1.82, 2.24) is 15.6 Å².